The molecule has 0 spiro atoms. The van der Waals surface area contributed by atoms with E-state index in [9.17, 15) is 13.2 Å². The van der Waals surface area contributed by atoms with Gasteiger partial charge in [0.05, 0.1) is 4.90 Å². The zero-order valence-corrected chi connectivity index (χ0v) is 10.9. The number of hydrogen-bond acceptors (Lipinski definition) is 4. The van der Waals surface area contributed by atoms with Gasteiger partial charge in [-0.15, -0.1) is 11.8 Å². The molecule has 0 N–H and O–H groups in total. The Kier molecular flexibility index (Phi) is 4.56. The molecule has 0 atom stereocenters. The van der Waals surface area contributed by atoms with Gasteiger partial charge in [0.25, 0.3) is 0 Å². The number of aldehydes is 1. The van der Waals surface area contributed by atoms with Gasteiger partial charge in [-0.3, -0.25) is 0 Å². The van der Waals surface area contributed by atoms with E-state index in [0.717, 1.165) is 16.7 Å². The van der Waals surface area contributed by atoms with Crippen LogP contribution in [0.25, 0.3) is 0 Å². The van der Waals surface area contributed by atoms with Crippen molar-refractivity contribution >= 4 is 27.9 Å². The number of aryl methyl sites for hydroxylation is 1. The number of benzene rings is 1. The lowest BCUT2D eigenvalue weighted by atomic mass is 10.1. The molecule has 0 aliphatic rings. The van der Waals surface area contributed by atoms with E-state index < -0.39 is 9.84 Å². The Balaban J connectivity index is 3.16. The molecular formula is C11H14O3S2. The molecule has 16 heavy (non-hydrogen) atoms. The van der Waals surface area contributed by atoms with Crippen LogP contribution in [0.15, 0.2) is 28.0 Å². The fourth-order valence-corrected chi connectivity index (χ4v) is 3.36. The number of thioether (sulfide) groups is 1. The van der Waals surface area contributed by atoms with Crippen LogP contribution >= 0.6 is 11.8 Å². The van der Waals surface area contributed by atoms with Crippen molar-refractivity contribution in [2.24, 2.45) is 0 Å². The summed E-state index contributed by atoms with van der Waals surface area (Å²) >= 11 is 1.41. The number of rotatable bonds is 5. The van der Waals surface area contributed by atoms with Gasteiger partial charge in [0, 0.05) is 17.6 Å². The molecule has 5 heteroatoms. The van der Waals surface area contributed by atoms with Crippen LogP contribution in [0.5, 0.6) is 0 Å². The summed E-state index contributed by atoms with van der Waals surface area (Å²) < 4.78 is 23.1. The molecule has 0 saturated heterocycles. The van der Waals surface area contributed by atoms with Gasteiger partial charge in [-0.05, 0) is 30.4 Å². The third-order valence-corrected chi connectivity index (χ3v) is 4.24. The molecule has 1 aromatic carbocycles. The molecular weight excluding hydrogens is 244 g/mol. The van der Waals surface area contributed by atoms with E-state index in [4.69, 9.17) is 0 Å². The number of sulfone groups is 1. The second kappa shape index (κ2) is 5.50. The predicted octanol–water partition coefficient (Wildman–Crippen LogP) is 1.94. The van der Waals surface area contributed by atoms with Crippen LogP contribution in [0.1, 0.15) is 12.0 Å². The number of hydrogen-bond donors (Lipinski definition) is 0. The van der Waals surface area contributed by atoms with E-state index in [1.165, 1.54) is 18.0 Å². The van der Waals surface area contributed by atoms with Crippen molar-refractivity contribution in [2.75, 3.05) is 12.5 Å². The molecule has 0 fully saturated rings. The first-order valence-corrected chi connectivity index (χ1v) is 7.91. The van der Waals surface area contributed by atoms with Crippen LogP contribution in [0.2, 0.25) is 0 Å². The zero-order valence-electron chi connectivity index (χ0n) is 9.26. The second-order valence-corrected chi connectivity index (χ2v) is 6.29. The van der Waals surface area contributed by atoms with Gasteiger partial charge in [-0.25, -0.2) is 8.42 Å². The maximum Gasteiger partial charge on any atom is 0.176 e. The van der Waals surface area contributed by atoms with Crippen molar-refractivity contribution in [3.63, 3.8) is 0 Å². The molecule has 0 radical (unpaired) electrons. The summed E-state index contributed by atoms with van der Waals surface area (Å²) in [4.78, 5) is 11.4. The molecule has 88 valence electrons. The molecule has 1 rings (SSSR count). The maximum atomic E-state index is 11.6. The molecule has 3 nitrogen and oxygen atoms in total. The van der Waals surface area contributed by atoms with Crippen molar-refractivity contribution in [3.05, 3.63) is 23.8 Å². The van der Waals surface area contributed by atoms with Gasteiger partial charge >= 0.3 is 0 Å². The Morgan fingerprint density at radius 1 is 1.38 bits per heavy atom. The van der Waals surface area contributed by atoms with Crippen molar-refractivity contribution < 1.29 is 13.2 Å². The summed E-state index contributed by atoms with van der Waals surface area (Å²) in [6.07, 6.45) is 4.88. The summed E-state index contributed by atoms with van der Waals surface area (Å²) in [5, 5.41) is 0. The Bertz CT molecular complexity index is 478. The first-order chi connectivity index (χ1) is 7.49. The standard InChI is InChI=1S/C11H14O3S2/c1-15-10-6-5-9(4-3-7-12)8-11(10)16(2,13)14/h5-8H,3-4H2,1-2H3. The third kappa shape index (κ3) is 3.35. The van der Waals surface area contributed by atoms with Gasteiger partial charge in [0.15, 0.2) is 9.84 Å². The van der Waals surface area contributed by atoms with Gasteiger partial charge in [-0.1, -0.05) is 6.07 Å². The summed E-state index contributed by atoms with van der Waals surface area (Å²) in [7, 11) is -3.20. The summed E-state index contributed by atoms with van der Waals surface area (Å²) in [5.41, 5.74) is 0.880. The average molecular weight is 258 g/mol. The number of carbonyl (C=O) groups excluding carboxylic acids is 1. The molecule has 0 heterocycles. The van der Waals surface area contributed by atoms with Gasteiger partial charge in [-0.2, -0.15) is 0 Å². The molecule has 0 aliphatic carbocycles. The van der Waals surface area contributed by atoms with E-state index >= 15 is 0 Å². The normalized spacial score (nSPS) is 11.4. The minimum Gasteiger partial charge on any atom is -0.303 e. The van der Waals surface area contributed by atoms with Crippen molar-refractivity contribution in [1.29, 1.82) is 0 Å². The SMILES string of the molecule is CSc1ccc(CCC=O)cc1S(C)(=O)=O. The monoisotopic (exact) mass is 258 g/mol. The molecule has 1 aromatic rings. The van der Waals surface area contributed by atoms with Crippen LogP contribution in [0.3, 0.4) is 0 Å². The quantitative estimate of drug-likeness (QED) is 0.598. The first kappa shape index (κ1) is 13.3. The maximum absolute atomic E-state index is 11.6. The van der Waals surface area contributed by atoms with Gasteiger partial charge < -0.3 is 4.79 Å². The Morgan fingerprint density at radius 3 is 2.56 bits per heavy atom. The summed E-state index contributed by atoms with van der Waals surface area (Å²) in [6, 6.07) is 5.32. The lowest BCUT2D eigenvalue weighted by molar-refractivity contribution is -0.107. The highest BCUT2D eigenvalue weighted by molar-refractivity contribution is 7.99. The van der Waals surface area contributed by atoms with E-state index in [0.29, 0.717) is 17.7 Å². The van der Waals surface area contributed by atoms with Crippen LogP contribution < -0.4 is 0 Å². The van der Waals surface area contributed by atoms with Crippen molar-refractivity contribution in [1.82, 2.24) is 0 Å². The highest BCUT2D eigenvalue weighted by Crippen LogP contribution is 2.26. The molecule has 0 bridgehead atoms. The Morgan fingerprint density at radius 2 is 2.06 bits per heavy atom. The molecule has 0 amide bonds. The smallest absolute Gasteiger partial charge is 0.176 e. The lowest BCUT2D eigenvalue weighted by Crippen LogP contribution is -2.01. The molecule has 0 aliphatic heterocycles. The van der Waals surface area contributed by atoms with Gasteiger partial charge in [0.1, 0.15) is 6.29 Å². The molecule has 0 saturated carbocycles. The first-order valence-electron chi connectivity index (χ1n) is 4.79. The highest BCUT2D eigenvalue weighted by Gasteiger charge is 2.13. The largest absolute Gasteiger partial charge is 0.303 e. The van der Waals surface area contributed by atoms with E-state index in [1.807, 2.05) is 12.3 Å². The minimum atomic E-state index is -3.20. The van der Waals surface area contributed by atoms with E-state index in [2.05, 4.69) is 0 Å². The fraction of sp³-hybridized carbons (Fsp3) is 0.364. The Hall–Kier alpha value is -0.810. The fourth-order valence-electron chi connectivity index (χ4n) is 1.39. The average Bonchev–Trinajstić information content (AvgIpc) is 2.24. The third-order valence-electron chi connectivity index (χ3n) is 2.18. The van der Waals surface area contributed by atoms with E-state index in [1.54, 1.807) is 12.1 Å². The van der Waals surface area contributed by atoms with E-state index in [-0.39, 0.29) is 0 Å². The number of carbonyl (C=O) groups is 1. The lowest BCUT2D eigenvalue weighted by Gasteiger charge is -2.07. The predicted molar refractivity (Wildman–Crippen MR) is 65.7 cm³/mol. The second-order valence-electron chi connectivity index (χ2n) is 3.46. The van der Waals surface area contributed by atoms with Crippen molar-refractivity contribution in [3.8, 4) is 0 Å². The van der Waals surface area contributed by atoms with Crippen LogP contribution in [-0.4, -0.2) is 27.2 Å². The highest BCUT2D eigenvalue weighted by atomic mass is 32.2. The molecule has 0 aromatic heterocycles. The van der Waals surface area contributed by atoms with Crippen LogP contribution in [-0.2, 0) is 21.1 Å². The van der Waals surface area contributed by atoms with Crippen molar-refractivity contribution in [2.45, 2.75) is 22.6 Å². The summed E-state index contributed by atoms with van der Waals surface area (Å²) in [5.74, 6) is 0. The van der Waals surface area contributed by atoms with Crippen LogP contribution in [0.4, 0.5) is 0 Å². The Labute approximate surface area is 100 Å². The molecule has 0 unspecified atom stereocenters. The zero-order chi connectivity index (χ0) is 12.2. The summed E-state index contributed by atoms with van der Waals surface area (Å²) in [6.45, 7) is 0. The van der Waals surface area contributed by atoms with Crippen LogP contribution in [0, 0.1) is 0 Å². The minimum absolute atomic E-state index is 0.350. The van der Waals surface area contributed by atoms with Gasteiger partial charge in [0.2, 0.25) is 0 Å². The topological polar surface area (TPSA) is 51.2 Å².